The number of aliphatic carboxylic acids is 1. The number of carbonyl (C=O) groups excluding carboxylic acids is 1. The van der Waals surface area contributed by atoms with Crippen LogP contribution in [0.1, 0.15) is 63.9 Å². The van der Waals surface area contributed by atoms with Gasteiger partial charge in [-0.15, -0.1) is 0 Å². The molecule has 2 N–H and O–H groups in total. The number of hydrogen-bond acceptors (Lipinski definition) is 3. The zero-order chi connectivity index (χ0) is 17.4. The summed E-state index contributed by atoms with van der Waals surface area (Å²) in [5.41, 5.74) is 1.82. The smallest absolute Gasteiger partial charge is 0.333 e. The van der Waals surface area contributed by atoms with Crippen molar-refractivity contribution in [2.45, 2.75) is 70.8 Å². The van der Waals surface area contributed by atoms with Gasteiger partial charge in [-0.05, 0) is 30.4 Å². The zero-order valence-electron chi connectivity index (χ0n) is 14.6. The van der Waals surface area contributed by atoms with Gasteiger partial charge in [-0.1, -0.05) is 63.6 Å². The van der Waals surface area contributed by atoms with Gasteiger partial charge in [0.05, 0.1) is 0 Å². The number of carboxylic acids is 1. The van der Waals surface area contributed by atoms with Gasteiger partial charge < -0.3 is 10.4 Å². The first-order valence-corrected chi connectivity index (χ1v) is 9.21. The van der Waals surface area contributed by atoms with Crippen LogP contribution in [0, 0.1) is 5.92 Å². The molecular formula is C20H29NO3. The van der Waals surface area contributed by atoms with Crippen LogP contribution in [0.5, 0.6) is 0 Å². The molecule has 0 amide bonds. The van der Waals surface area contributed by atoms with Gasteiger partial charge in [0.2, 0.25) is 0 Å². The summed E-state index contributed by atoms with van der Waals surface area (Å²) in [6.45, 7) is 2.08. The third-order valence-electron chi connectivity index (χ3n) is 4.93. The molecule has 0 aromatic heterocycles. The highest BCUT2D eigenvalue weighted by Gasteiger charge is 2.27. The Morgan fingerprint density at radius 1 is 1.21 bits per heavy atom. The van der Waals surface area contributed by atoms with Crippen molar-refractivity contribution in [3.05, 3.63) is 29.8 Å². The number of carbonyl (C=O) groups is 2. The Morgan fingerprint density at radius 3 is 2.58 bits per heavy atom. The minimum absolute atomic E-state index is 0.209. The molecule has 1 aliphatic carbocycles. The minimum atomic E-state index is -1.15. The second kappa shape index (κ2) is 9.45. The molecular weight excluding hydrogens is 302 g/mol. The molecule has 1 aliphatic rings. The Balaban J connectivity index is 1.98. The number of Topliss-reactive ketones (excluding diaryl/α,β-unsaturated/α-hetero) is 1. The number of anilines is 1. The van der Waals surface area contributed by atoms with Crippen molar-refractivity contribution in [3.8, 4) is 0 Å². The van der Waals surface area contributed by atoms with E-state index in [0.717, 1.165) is 30.5 Å². The van der Waals surface area contributed by atoms with E-state index in [1.54, 1.807) is 0 Å². The molecule has 132 valence electrons. The molecule has 0 aliphatic heterocycles. The molecule has 0 bridgehead atoms. The Bertz CT molecular complexity index is 550. The summed E-state index contributed by atoms with van der Waals surface area (Å²) >= 11 is 0. The van der Waals surface area contributed by atoms with Crippen LogP contribution in [0.3, 0.4) is 0 Å². The average molecular weight is 331 g/mol. The summed E-state index contributed by atoms with van der Waals surface area (Å²) in [4.78, 5) is 24.0. The third kappa shape index (κ3) is 5.36. The highest BCUT2D eigenvalue weighted by atomic mass is 16.4. The maximum absolute atomic E-state index is 12.5. The number of aryl methyl sites for hydroxylation is 1. The first kappa shape index (κ1) is 18.5. The third-order valence-corrected chi connectivity index (χ3v) is 4.93. The Morgan fingerprint density at radius 2 is 1.92 bits per heavy atom. The van der Waals surface area contributed by atoms with Gasteiger partial charge in [0.1, 0.15) is 0 Å². The summed E-state index contributed by atoms with van der Waals surface area (Å²) in [5.74, 6) is -0.709. The van der Waals surface area contributed by atoms with Gasteiger partial charge in [-0.3, -0.25) is 4.79 Å². The second-order valence-corrected chi connectivity index (χ2v) is 6.83. The highest BCUT2D eigenvalue weighted by molar-refractivity contribution is 6.05. The number of rotatable bonds is 9. The number of benzene rings is 1. The van der Waals surface area contributed by atoms with E-state index in [-0.39, 0.29) is 5.78 Å². The number of carboxylic acid groups (broad SMARTS) is 1. The monoisotopic (exact) mass is 331 g/mol. The quantitative estimate of drug-likeness (QED) is 0.657. The summed E-state index contributed by atoms with van der Waals surface area (Å²) in [5, 5.41) is 12.4. The Labute approximate surface area is 144 Å². The van der Waals surface area contributed by atoms with E-state index in [1.165, 1.54) is 32.1 Å². The zero-order valence-corrected chi connectivity index (χ0v) is 14.6. The fraction of sp³-hybridized carbons (Fsp3) is 0.600. The van der Waals surface area contributed by atoms with Crippen molar-refractivity contribution >= 4 is 17.4 Å². The van der Waals surface area contributed by atoms with Crippen molar-refractivity contribution in [1.82, 2.24) is 0 Å². The molecule has 4 heteroatoms. The van der Waals surface area contributed by atoms with Crippen LogP contribution in [0.25, 0.3) is 0 Å². The van der Waals surface area contributed by atoms with E-state index in [2.05, 4.69) is 12.2 Å². The molecule has 1 aromatic carbocycles. The lowest BCUT2D eigenvalue weighted by Gasteiger charge is -2.22. The molecule has 2 rings (SSSR count). The number of hydrogen-bond donors (Lipinski definition) is 2. The lowest BCUT2D eigenvalue weighted by molar-refractivity contribution is -0.141. The van der Waals surface area contributed by atoms with Crippen LogP contribution in [-0.2, 0) is 16.0 Å². The molecule has 1 saturated carbocycles. The van der Waals surface area contributed by atoms with Crippen molar-refractivity contribution in [3.63, 3.8) is 0 Å². The molecule has 0 saturated heterocycles. The van der Waals surface area contributed by atoms with Crippen LogP contribution in [0.15, 0.2) is 24.3 Å². The fourth-order valence-electron chi connectivity index (χ4n) is 3.55. The molecule has 24 heavy (non-hydrogen) atoms. The van der Waals surface area contributed by atoms with Gasteiger partial charge in [0.15, 0.2) is 11.8 Å². The van der Waals surface area contributed by atoms with Crippen LogP contribution in [0.4, 0.5) is 5.69 Å². The van der Waals surface area contributed by atoms with Gasteiger partial charge in [-0.2, -0.15) is 0 Å². The lowest BCUT2D eigenvalue weighted by atomic mass is 9.85. The van der Waals surface area contributed by atoms with E-state index in [1.807, 2.05) is 24.3 Å². The standard InChI is InChI=1S/C20H29NO3/c1-2-8-16-11-6-7-12-17(16)21-19(20(23)24)18(22)14-13-15-9-4-3-5-10-15/h6-7,11-12,15,19,21H,2-5,8-10,13-14H2,1H3,(H,23,24). The van der Waals surface area contributed by atoms with Crippen molar-refractivity contribution in [2.24, 2.45) is 5.92 Å². The SMILES string of the molecule is CCCc1ccccc1NC(C(=O)O)C(=O)CCC1CCCCC1. The minimum Gasteiger partial charge on any atom is -0.479 e. The predicted molar refractivity (Wildman–Crippen MR) is 96.3 cm³/mol. The van der Waals surface area contributed by atoms with E-state index >= 15 is 0 Å². The van der Waals surface area contributed by atoms with Crippen molar-refractivity contribution in [1.29, 1.82) is 0 Å². The molecule has 1 fully saturated rings. The topological polar surface area (TPSA) is 66.4 Å². The van der Waals surface area contributed by atoms with E-state index in [9.17, 15) is 14.7 Å². The van der Waals surface area contributed by atoms with E-state index in [4.69, 9.17) is 0 Å². The second-order valence-electron chi connectivity index (χ2n) is 6.83. The van der Waals surface area contributed by atoms with Crippen molar-refractivity contribution < 1.29 is 14.7 Å². The van der Waals surface area contributed by atoms with Gasteiger partial charge in [-0.25, -0.2) is 4.79 Å². The first-order valence-electron chi connectivity index (χ1n) is 9.21. The summed E-state index contributed by atoms with van der Waals surface area (Å²) in [7, 11) is 0. The van der Waals surface area contributed by atoms with Crippen LogP contribution in [0.2, 0.25) is 0 Å². The molecule has 0 heterocycles. The number of nitrogens with one attached hydrogen (secondary N) is 1. The van der Waals surface area contributed by atoms with Crippen LogP contribution < -0.4 is 5.32 Å². The van der Waals surface area contributed by atoms with Gasteiger partial charge in [0.25, 0.3) is 0 Å². The maximum Gasteiger partial charge on any atom is 0.333 e. The molecule has 1 atom stereocenters. The molecule has 0 radical (unpaired) electrons. The predicted octanol–water partition coefficient (Wildman–Crippen LogP) is 4.43. The van der Waals surface area contributed by atoms with Gasteiger partial charge >= 0.3 is 5.97 Å². The normalized spacial score (nSPS) is 16.5. The Hall–Kier alpha value is -1.84. The Kier molecular flexibility index (Phi) is 7.29. The summed E-state index contributed by atoms with van der Waals surface area (Å²) in [6, 6.07) is 6.50. The first-order chi connectivity index (χ1) is 11.6. The van der Waals surface area contributed by atoms with Crippen LogP contribution in [-0.4, -0.2) is 22.9 Å². The lowest BCUT2D eigenvalue weighted by Crippen LogP contribution is -2.38. The van der Waals surface area contributed by atoms with Crippen molar-refractivity contribution in [2.75, 3.05) is 5.32 Å². The van der Waals surface area contributed by atoms with Crippen LogP contribution >= 0.6 is 0 Å². The molecule has 0 spiro atoms. The number of ketones is 1. The summed E-state index contributed by atoms with van der Waals surface area (Å²) < 4.78 is 0. The summed E-state index contributed by atoms with van der Waals surface area (Å²) in [6.07, 6.45) is 9.14. The maximum atomic E-state index is 12.5. The number of para-hydroxylation sites is 1. The highest BCUT2D eigenvalue weighted by Crippen LogP contribution is 2.27. The molecule has 1 unspecified atom stereocenters. The fourth-order valence-corrected chi connectivity index (χ4v) is 3.55. The van der Waals surface area contributed by atoms with E-state index < -0.39 is 12.0 Å². The molecule has 1 aromatic rings. The molecule has 4 nitrogen and oxygen atoms in total. The van der Waals surface area contributed by atoms with E-state index in [0.29, 0.717) is 12.3 Å². The van der Waals surface area contributed by atoms with Gasteiger partial charge in [0, 0.05) is 12.1 Å². The average Bonchev–Trinajstić information content (AvgIpc) is 2.59. The largest absolute Gasteiger partial charge is 0.479 e.